The molecule has 1 saturated carbocycles. The van der Waals surface area contributed by atoms with Crippen molar-refractivity contribution in [2.75, 3.05) is 13.2 Å². The first-order valence-electron chi connectivity index (χ1n) is 8.24. The van der Waals surface area contributed by atoms with Gasteiger partial charge in [-0.2, -0.15) is 4.98 Å². The van der Waals surface area contributed by atoms with Crippen molar-refractivity contribution in [1.29, 1.82) is 0 Å². The number of morpholine rings is 1. The Morgan fingerprint density at radius 3 is 2.87 bits per heavy atom. The van der Waals surface area contributed by atoms with Gasteiger partial charge in [0.25, 0.3) is 0 Å². The molecule has 2 fully saturated rings. The molecule has 2 unspecified atom stereocenters. The molecule has 0 radical (unpaired) electrons. The van der Waals surface area contributed by atoms with Crippen molar-refractivity contribution in [3.05, 3.63) is 36.0 Å². The third-order valence-corrected chi connectivity index (χ3v) is 4.76. The fraction of sp³-hybridized carbons (Fsp3) is 0.529. The first-order valence-corrected chi connectivity index (χ1v) is 8.24. The van der Waals surface area contributed by atoms with Gasteiger partial charge in [-0.15, -0.1) is 0 Å². The van der Waals surface area contributed by atoms with E-state index in [4.69, 9.17) is 9.26 Å². The van der Waals surface area contributed by atoms with E-state index in [1.54, 1.807) is 12.1 Å². The van der Waals surface area contributed by atoms with Gasteiger partial charge in [-0.1, -0.05) is 18.0 Å². The molecular formula is C17H20FN3O2. The zero-order valence-electron chi connectivity index (χ0n) is 12.9. The standard InChI is InChI=1S/C17H20FN3O2/c18-13-7-5-12(6-8-13)17-19-16(23-20-17)11-21-9-10-22-15-4-2-1-3-14(15)21/h5-8,14-15H,1-4,9-11H2. The molecule has 2 heterocycles. The Bertz CT molecular complexity index is 656. The lowest BCUT2D eigenvalue weighted by Gasteiger charge is -2.43. The maximum Gasteiger partial charge on any atom is 0.241 e. The van der Waals surface area contributed by atoms with Crippen LogP contribution >= 0.6 is 0 Å². The van der Waals surface area contributed by atoms with Crippen LogP contribution in [0.25, 0.3) is 11.4 Å². The number of hydrogen-bond donors (Lipinski definition) is 0. The van der Waals surface area contributed by atoms with Crippen LogP contribution in [0.15, 0.2) is 28.8 Å². The van der Waals surface area contributed by atoms with Gasteiger partial charge < -0.3 is 9.26 Å². The molecule has 1 aromatic heterocycles. The predicted octanol–water partition coefficient (Wildman–Crippen LogP) is 3.02. The van der Waals surface area contributed by atoms with Crippen LogP contribution in [0.2, 0.25) is 0 Å². The summed E-state index contributed by atoms with van der Waals surface area (Å²) in [6, 6.07) is 6.59. The van der Waals surface area contributed by atoms with Crippen LogP contribution in [0, 0.1) is 5.82 Å². The largest absolute Gasteiger partial charge is 0.375 e. The average molecular weight is 317 g/mol. The molecule has 5 nitrogen and oxygen atoms in total. The molecule has 1 aromatic carbocycles. The number of nitrogens with zero attached hydrogens (tertiary/aromatic N) is 3. The average Bonchev–Trinajstić information content (AvgIpc) is 3.04. The molecule has 23 heavy (non-hydrogen) atoms. The summed E-state index contributed by atoms with van der Waals surface area (Å²) in [6.07, 6.45) is 5.17. The van der Waals surface area contributed by atoms with Crippen LogP contribution in [0.5, 0.6) is 0 Å². The zero-order chi connectivity index (χ0) is 15.6. The van der Waals surface area contributed by atoms with Crippen molar-refractivity contribution in [3.63, 3.8) is 0 Å². The number of hydrogen-bond acceptors (Lipinski definition) is 5. The second-order valence-corrected chi connectivity index (χ2v) is 6.25. The normalized spacial score (nSPS) is 25.3. The van der Waals surface area contributed by atoms with E-state index in [-0.39, 0.29) is 5.82 Å². The third kappa shape index (κ3) is 3.14. The molecule has 1 saturated heterocycles. The molecule has 0 spiro atoms. The first kappa shape index (κ1) is 14.8. The SMILES string of the molecule is Fc1ccc(-c2noc(CN3CCOC4CCCCC43)n2)cc1. The first-order chi connectivity index (χ1) is 11.3. The molecule has 0 amide bonds. The Labute approximate surface area is 134 Å². The molecule has 1 aliphatic carbocycles. The zero-order valence-corrected chi connectivity index (χ0v) is 12.9. The molecule has 1 aliphatic heterocycles. The Morgan fingerprint density at radius 2 is 2.00 bits per heavy atom. The van der Waals surface area contributed by atoms with Crippen molar-refractivity contribution < 1.29 is 13.7 Å². The quantitative estimate of drug-likeness (QED) is 0.871. The van der Waals surface area contributed by atoms with E-state index < -0.39 is 0 Å². The number of benzene rings is 1. The van der Waals surface area contributed by atoms with Crippen LogP contribution in [0.4, 0.5) is 4.39 Å². The lowest BCUT2D eigenvalue weighted by Crippen LogP contribution is -2.52. The predicted molar refractivity (Wildman–Crippen MR) is 82.1 cm³/mol. The molecule has 122 valence electrons. The van der Waals surface area contributed by atoms with Crippen molar-refractivity contribution in [2.45, 2.75) is 44.4 Å². The van der Waals surface area contributed by atoms with Crippen LogP contribution in [0.1, 0.15) is 31.6 Å². The maximum atomic E-state index is 13.0. The number of rotatable bonds is 3. The number of fused-ring (bicyclic) bond motifs is 1. The summed E-state index contributed by atoms with van der Waals surface area (Å²) >= 11 is 0. The van der Waals surface area contributed by atoms with Crippen molar-refractivity contribution in [3.8, 4) is 11.4 Å². The number of ether oxygens (including phenoxy) is 1. The van der Waals surface area contributed by atoms with E-state index in [9.17, 15) is 4.39 Å². The molecule has 6 heteroatoms. The summed E-state index contributed by atoms with van der Waals surface area (Å²) in [5.74, 6) is 0.845. The van der Waals surface area contributed by atoms with Gasteiger partial charge in [0, 0.05) is 18.2 Å². The van der Waals surface area contributed by atoms with E-state index in [0.29, 0.717) is 30.4 Å². The van der Waals surface area contributed by atoms with E-state index >= 15 is 0 Å². The lowest BCUT2D eigenvalue weighted by atomic mass is 9.90. The van der Waals surface area contributed by atoms with Crippen LogP contribution in [0.3, 0.4) is 0 Å². The highest BCUT2D eigenvalue weighted by molar-refractivity contribution is 5.53. The molecule has 2 aromatic rings. The minimum atomic E-state index is -0.269. The van der Waals surface area contributed by atoms with Gasteiger partial charge in [0.15, 0.2) is 0 Å². The van der Waals surface area contributed by atoms with Gasteiger partial charge in [0.1, 0.15) is 5.82 Å². The Balaban J connectivity index is 1.47. The molecule has 0 N–H and O–H groups in total. The van der Waals surface area contributed by atoms with Crippen LogP contribution in [-0.2, 0) is 11.3 Å². The number of halogens is 1. The highest BCUT2D eigenvalue weighted by Crippen LogP contribution is 2.29. The molecule has 2 aliphatic rings. The molecule has 2 atom stereocenters. The van der Waals surface area contributed by atoms with Gasteiger partial charge in [-0.25, -0.2) is 4.39 Å². The van der Waals surface area contributed by atoms with Gasteiger partial charge in [-0.3, -0.25) is 4.90 Å². The topological polar surface area (TPSA) is 51.4 Å². The minimum Gasteiger partial charge on any atom is -0.375 e. The molecule has 0 bridgehead atoms. The Hall–Kier alpha value is -1.79. The highest BCUT2D eigenvalue weighted by Gasteiger charge is 2.34. The summed E-state index contributed by atoms with van der Waals surface area (Å²) in [6.45, 7) is 2.31. The summed E-state index contributed by atoms with van der Waals surface area (Å²) in [4.78, 5) is 6.86. The molecule has 4 rings (SSSR count). The second-order valence-electron chi connectivity index (χ2n) is 6.25. The molecular weight excluding hydrogens is 297 g/mol. The summed E-state index contributed by atoms with van der Waals surface area (Å²) in [7, 11) is 0. The van der Waals surface area contributed by atoms with Gasteiger partial charge in [0.2, 0.25) is 11.7 Å². The fourth-order valence-electron chi connectivity index (χ4n) is 3.58. The lowest BCUT2D eigenvalue weighted by molar-refractivity contribution is -0.0933. The van der Waals surface area contributed by atoms with Crippen molar-refractivity contribution in [1.82, 2.24) is 15.0 Å². The summed E-state index contributed by atoms with van der Waals surface area (Å²) < 4.78 is 24.3. The van der Waals surface area contributed by atoms with E-state index in [1.165, 1.54) is 31.4 Å². The van der Waals surface area contributed by atoms with Gasteiger partial charge >= 0.3 is 0 Å². The van der Waals surface area contributed by atoms with Crippen molar-refractivity contribution in [2.24, 2.45) is 0 Å². The van der Waals surface area contributed by atoms with E-state index in [0.717, 1.165) is 25.1 Å². The highest BCUT2D eigenvalue weighted by atomic mass is 19.1. The van der Waals surface area contributed by atoms with E-state index in [2.05, 4.69) is 15.0 Å². The van der Waals surface area contributed by atoms with Crippen LogP contribution < -0.4 is 0 Å². The second kappa shape index (κ2) is 6.37. The van der Waals surface area contributed by atoms with Crippen LogP contribution in [-0.4, -0.2) is 40.3 Å². The third-order valence-electron chi connectivity index (χ3n) is 4.76. The Kier molecular flexibility index (Phi) is 4.10. The monoisotopic (exact) mass is 317 g/mol. The Morgan fingerprint density at radius 1 is 1.17 bits per heavy atom. The van der Waals surface area contributed by atoms with Gasteiger partial charge in [0.05, 0.1) is 19.3 Å². The number of aromatic nitrogens is 2. The van der Waals surface area contributed by atoms with E-state index in [1.807, 2.05) is 0 Å². The van der Waals surface area contributed by atoms with Gasteiger partial charge in [-0.05, 0) is 37.1 Å². The maximum absolute atomic E-state index is 13.0. The van der Waals surface area contributed by atoms with Crippen molar-refractivity contribution >= 4 is 0 Å². The fourth-order valence-corrected chi connectivity index (χ4v) is 3.58. The minimum absolute atomic E-state index is 0.269. The summed E-state index contributed by atoms with van der Waals surface area (Å²) in [5, 5.41) is 4.02. The smallest absolute Gasteiger partial charge is 0.241 e. The summed E-state index contributed by atoms with van der Waals surface area (Å²) in [5.41, 5.74) is 0.763.